The number of hydrogen-bond donors (Lipinski definition) is 4. The van der Waals surface area contributed by atoms with Gasteiger partial charge in [-0.1, -0.05) is 18.2 Å². The molecule has 2 aliphatic heterocycles. The molecule has 2 aliphatic rings. The lowest BCUT2D eigenvalue weighted by atomic mass is 10.1. The van der Waals surface area contributed by atoms with Crippen LogP contribution >= 0.6 is 11.8 Å². The molecule has 2 heterocycles. The van der Waals surface area contributed by atoms with Crippen molar-refractivity contribution >= 4 is 35.0 Å². The van der Waals surface area contributed by atoms with Crippen molar-refractivity contribution in [3.05, 3.63) is 54.6 Å². The molecular weight excluding hydrogens is 447 g/mol. The monoisotopic (exact) mass is 467 g/mol. The van der Waals surface area contributed by atoms with Gasteiger partial charge in [0, 0.05) is 12.2 Å². The Balaban J connectivity index is 1.30. The van der Waals surface area contributed by atoms with E-state index < -0.39 is 11.9 Å². The minimum Gasteiger partial charge on any atom is -0.406 e. The van der Waals surface area contributed by atoms with Crippen LogP contribution in [-0.2, 0) is 9.59 Å². The van der Waals surface area contributed by atoms with Crippen LogP contribution in [0.4, 0.5) is 24.5 Å². The van der Waals surface area contributed by atoms with E-state index in [1.165, 1.54) is 23.9 Å². The van der Waals surface area contributed by atoms with E-state index >= 15 is 0 Å². The predicted molar refractivity (Wildman–Crippen MR) is 113 cm³/mol. The Bertz CT molecular complexity index is 961. The average Bonchev–Trinajstić information content (AvgIpc) is 3.18. The highest BCUT2D eigenvalue weighted by Crippen LogP contribution is 2.27. The van der Waals surface area contributed by atoms with E-state index in [-0.39, 0.29) is 35.4 Å². The summed E-state index contributed by atoms with van der Waals surface area (Å²) in [5, 5.41) is 10.7. The number of hydrogen-bond acceptors (Lipinski definition) is 7. The summed E-state index contributed by atoms with van der Waals surface area (Å²) in [5.41, 5.74) is 3.99. The van der Waals surface area contributed by atoms with Crippen molar-refractivity contribution in [2.24, 2.45) is 5.92 Å². The first-order valence-corrected chi connectivity index (χ1v) is 10.7. The molecule has 8 nitrogen and oxygen atoms in total. The van der Waals surface area contributed by atoms with E-state index in [9.17, 15) is 22.8 Å². The minimum absolute atomic E-state index is 0.0227. The van der Waals surface area contributed by atoms with Gasteiger partial charge in [0.25, 0.3) is 0 Å². The second kappa shape index (κ2) is 9.27. The summed E-state index contributed by atoms with van der Waals surface area (Å²) in [6, 6.07) is 14.5. The molecule has 12 heteroatoms. The molecule has 0 saturated carbocycles. The van der Waals surface area contributed by atoms with Crippen LogP contribution in [0.3, 0.4) is 0 Å². The number of anilines is 2. The maximum Gasteiger partial charge on any atom is 0.573 e. The number of carbonyl (C=O) groups is 2. The van der Waals surface area contributed by atoms with Crippen LogP contribution < -0.4 is 31.1 Å². The van der Waals surface area contributed by atoms with Gasteiger partial charge in [0.1, 0.15) is 17.4 Å². The molecule has 0 spiro atoms. The first-order valence-electron chi connectivity index (χ1n) is 9.70. The summed E-state index contributed by atoms with van der Waals surface area (Å²) in [5.74, 6) is -1.10. The molecule has 0 bridgehead atoms. The van der Waals surface area contributed by atoms with Crippen molar-refractivity contribution in [1.82, 2.24) is 16.1 Å². The van der Waals surface area contributed by atoms with Crippen molar-refractivity contribution < 1.29 is 27.5 Å². The molecule has 2 aromatic carbocycles. The van der Waals surface area contributed by atoms with E-state index in [1.54, 1.807) is 0 Å². The number of halogens is 3. The molecule has 4 N–H and O–H groups in total. The van der Waals surface area contributed by atoms with Crippen molar-refractivity contribution in [3.63, 3.8) is 0 Å². The number of nitrogens with one attached hydrogen (secondary N) is 4. The van der Waals surface area contributed by atoms with Gasteiger partial charge in [0.05, 0.1) is 17.4 Å². The number of ether oxygens (including phenoxy) is 1. The minimum atomic E-state index is -4.78. The fourth-order valence-electron chi connectivity index (χ4n) is 3.47. The lowest BCUT2D eigenvalue weighted by Gasteiger charge is -2.37. The number of carbonyl (C=O) groups excluding carboxylic acids is 2. The quantitative estimate of drug-likeness (QED) is 0.518. The largest absolute Gasteiger partial charge is 0.573 e. The van der Waals surface area contributed by atoms with Gasteiger partial charge in [0.15, 0.2) is 0 Å². The van der Waals surface area contributed by atoms with E-state index in [0.717, 1.165) is 17.8 Å². The van der Waals surface area contributed by atoms with Gasteiger partial charge in [-0.2, -0.15) is 0 Å². The molecule has 3 atom stereocenters. The number of alkyl halides is 3. The first-order chi connectivity index (χ1) is 15.3. The van der Waals surface area contributed by atoms with Gasteiger partial charge in [-0.3, -0.25) is 19.9 Å². The molecular formula is C20H20F3N5O3S. The number of benzene rings is 2. The second-order valence-corrected chi connectivity index (χ2v) is 8.20. The molecule has 2 fully saturated rings. The van der Waals surface area contributed by atoms with Crippen LogP contribution in [0.15, 0.2) is 54.6 Å². The number of amides is 2. The SMILES string of the molecule is O=C(CSC1NC(=O)C2CNN(c3ccccc3)C2N1)Nc1ccc(OC(F)(F)F)cc1. The smallest absolute Gasteiger partial charge is 0.406 e. The maximum absolute atomic E-state index is 12.5. The Labute approximate surface area is 185 Å². The predicted octanol–water partition coefficient (Wildman–Crippen LogP) is 2.23. The standard InChI is InChI=1S/C20H20F3N5O3S/c21-20(22,23)31-14-8-6-12(7-9-14)25-16(29)11-32-19-26-17-15(18(30)27-19)10-24-28(17)13-4-2-1-3-5-13/h1-9,15,17,19,24,26H,10-11H2,(H,25,29)(H,27,30). The summed E-state index contributed by atoms with van der Waals surface area (Å²) >= 11 is 1.20. The van der Waals surface area contributed by atoms with Crippen LogP contribution in [0.2, 0.25) is 0 Å². The Morgan fingerprint density at radius 3 is 2.56 bits per heavy atom. The number of fused-ring (bicyclic) bond motifs is 1. The van der Waals surface area contributed by atoms with Gasteiger partial charge in [-0.05, 0) is 36.4 Å². The number of nitrogens with zero attached hydrogens (tertiary/aromatic N) is 1. The average molecular weight is 467 g/mol. The zero-order valence-electron chi connectivity index (χ0n) is 16.6. The van der Waals surface area contributed by atoms with Crippen molar-refractivity contribution in [2.75, 3.05) is 22.6 Å². The van der Waals surface area contributed by atoms with Crippen molar-refractivity contribution in [2.45, 2.75) is 18.0 Å². The maximum atomic E-state index is 12.5. The lowest BCUT2D eigenvalue weighted by molar-refractivity contribution is -0.274. The van der Waals surface area contributed by atoms with E-state index in [4.69, 9.17) is 0 Å². The zero-order valence-corrected chi connectivity index (χ0v) is 17.4. The van der Waals surface area contributed by atoms with Gasteiger partial charge in [-0.25, -0.2) is 5.43 Å². The van der Waals surface area contributed by atoms with E-state index in [0.29, 0.717) is 12.2 Å². The van der Waals surface area contributed by atoms with E-state index in [1.807, 2.05) is 35.3 Å². The van der Waals surface area contributed by atoms with Crippen LogP contribution in [0.1, 0.15) is 0 Å². The summed E-state index contributed by atoms with van der Waals surface area (Å²) in [4.78, 5) is 24.8. The van der Waals surface area contributed by atoms with Crippen LogP contribution in [-0.4, -0.2) is 42.1 Å². The zero-order chi connectivity index (χ0) is 22.7. The molecule has 2 amide bonds. The third-order valence-corrected chi connectivity index (χ3v) is 5.88. The molecule has 0 aromatic heterocycles. The molecule has 170 valence electrons. The Morgan fingerprint density at radius 1 is 1.16 bits per heavy atom. The molecule has 4 rings (SSSR count). The van der Waals surface area contributed by atoms with Gasteiger partial charge < -0.3 is 15.4 Å². The van der Waals surface area contributed by atoms with Crippen LogP contribution in [0, 0.1) is 5.92 Å². The lowest BCUT2D eigenvalue weighted by Crippen LogP contribution is -2.63. The molecule has 2 aromatic rings. The highest BCUT2D eigenvalue weighted by Gasteiger charge is 2.44. The van der Waals surface area contributed by atoms with Crippen LogP contribution in [0.5, 0.6) is 5.75 Å². The second-order valence-electron chi connectivity index (χ2n) is 7.11. The molecule has 32 heavy (non-hydrogen) atoms. The topological polar surface area (TPSA) is 94.7 Å². The van der Waals surface area contributed by atoms with Gasteiger partial charge >= 0.3 is 6.36 Å². The first kappa shape index (κ1) is 22.2. The van der Waals surface area contributed by atoms with Gasteiger partial charge in [-0.15, -0.1) is 24.9 Å². The summed E-state index contributed by atoms with van der Waals surface area (Å²) in [7, 11) is 0. The third-order valence-electron chi connectivity index (χ3n) is 4.86. The van der Waals surface area contributed by atoms with Crippen molar-refractivity contribution in [3.8, 4) is 5.75 Å². The molecule has 0 aliphatic carbocycles. The Morgan fingerprint density at radius 2 is 1.88 bits per heavy atom. The Kier molecular flexibility index (Phi) is 6.44. The van der Waals surface area contributed by atoms with E-state index in [2.05, 4.69) is 26.1 Å². The van der Waals surface area contributed by atoms with Crippen molar-refractivity contribution in [1.29, 1.82) is 0 Å². The fourth-order valence-corrected chi connectivity index (χ4v) is 4.30. The summed E-state index contributed by atoms with van der Waals surface area (Å²) in [6.45, 7) is 0.490. The highest BCUT2D eigenvalue weighted by molar-refractivity contribution is 8.00. The molecule has 2 saturated heterocycles. The normalized spacial score (nSPS) is 22.8. The number of thioether (sulfide) groups is 1. The summed E-state index contributed by atoms with van der Waals surface area (Å²) in [6.07, 6.45) is -5.05. The Hall–Kier alpha value is -2.96. The number of hydrazine groups is 1. The summed E-state index contributed by atoms with van der Waals surface area (Å²) < 4.78 is 40.5. The molecule has 0 radical (unpaired) electrons. The highest BCUT2D eigenvalue weighted by atomic mass is 32.2. The van der Waals surface area contributed by atoms with Gasteiger partial charge in [0.2, 0.25) is 11.8 Å². The van der Waals surface area contributed by atoms with Crippen LogP contribution in [0.25, 0.3) is 0 Å². The number of para-hydroxylation sites is 1. The third kappa shape index (κ3) is 5.44. The molecule has 3 unspecified atom stereocenters. The fraction of sp³-hybridized carbons (Fsp3) is 0.300. The number of rotatable bonds is 6.